The molecule has 0 saturated heterocycles. The Morgan fingerprint density at radius 2 is 2.30 bits per heavy atom. The highest BCUT2D eigenvalue weighted by molar-refractivity contribution is 7.80. The molecule has 1 aromatic heterocycles. The van der Waals surface area contributed by atoms with Gasteiger partial charge in [0.25, 0.3) is 0 Å². The molecule has 0 aliphatic heterocycles. The fraction of sp³-hybridized carbons (Fsp3) is 0.385. The van der Waals surface area contributed by atoms with E-state index in [1.807, 2.05) is 4.57 Å². The maximum atomic E-state index is 11.6. The molecule has 0 atom stereocenters. The van der Waals surface area contributed by atoms with Crippen molar-refractivity contribution in [1.82, 2.24) is 9.55 Å². The van der Waals surface area contributed by atoms with Gasteiger partial charge in [-0.3, -0.25) is 0 Å². The third-order valence-electron chi connectivity index (χ3n) is 2.92. The molecule has 0 unspecified atom stereocenters. The van der Waals surface area contributed by atoms with Crippen LogP contribution in [0.5, 0.6) is 0 Å². The average molecular weight is 315 g/mol. The van der Waals surface area contributed by atoms with Crippen LogP contribution in [0.4, 0.5) is 0 Å². The second-order valence-corrected chi connectivity index (χ2v) is 4.57. The van der Waals surface area contributed by atoms with E-state index in [0.29, 0.717) is 30.5 Å². The van der Waals surface area contributed by atoms with E-state index in [2.05, 4.69) is 17.6 Å². The number of methoxy groups -OCH3 is 1. The van der Waals surface area contributed by atoms with E-state index in [-0.39, 0.29) is 5.97 Å². The number of alkyl halides is 1. The van der Waals surface area contributed by atoms with Gasteiger partial charge in [-0.25, -0.2) is 9.78 Å². The zero-order chi connectivity index (χ0) is 14.5. The molecule has 7 heteroatoms. The fourth-order valence-corrected chi connectivity index (χ4v) is 2.32. The van der Waals surface area contributed by atoms with Crippen molar-refractivity contribution in [3.63, 3.8) is 0 Å². The maximum absolute atomic E-state index is 11.6. The van der Waals surface area contributed by atoms with Gasteiger partial charge in [-0.2, -0.15) is 12.6 Å². The van der Waals surface area contributed by atoms with Crippen molar-refractivity contribution in [2.75, 3.05) is 19.7 Å². The highest BCUT2D eigenvalue weighted by Gasteiger charge is 2.13. The molecule has 108 valence electrons. The lowest BCUT2D eigenvalue weighted by atomic mass is 10.2. The van der Waals surface area contributed by atoms with E-state index >= 15 is 0 Å². The monoisotopic (exact) mass is 314 g/mol. The first kappa shape index (κ1) is 15.2. The van der Waals surface area contributed by atoms with Crippen LogP contribution in [0.25, 0.3) is 11.0 Å². The number of aromatic nitrogens is 2. The zero-order valence-corrected chi connectivity index (χ0v) is 12.7. The summed E-state index contributed by atoms with van der Waals surface area (Å²) in [5.74, 6) is 1.02. The molecule has 20 heavy (non-hydrogen) atoms. The molecule has 0 N–H and O–H groups in total. The van der Waals surface area contributed by atoms with Gasteiger partial charge in [-0.1, -0.05) is 0 Å². The number of ether oxygens (including phenoxy) is 2. The second-order valence-electron chi connectivity index (χ2n) is 4.05. The van der Waals surface area contributed by atoms with Crippen LogP contribution in [-0.2, 0) is 21.9 Å². The van der Waals surface area contributed by atoms with Crippen LogP contribution in [0.15, 0.2) is 18.2 Å². The van der Waals surface area contributed by atoms with Crippen LogP contribution in [0.3, 0.4) is 0 Å². The van der Waals surface area contributed by atoms with Crippen LogP contribution < -0.4 is 0 Å². The van der Waals surface area contributed by atoms with Gasteiger partial charge in [-0.05, 0) is 18.2 Å². The fourth-order valence-electron chi connectivity index (χ4n) is 1.99. The molecule has 0 aliphatic carbocycles. The Morgan fingerprint density at radius 3 is 2.95 bits per heavy atom. The predicted molar refractivity (Wildman–Crippen MR) is 80.4 cm³/mol. The molecular formula is C13H15ClN2O3S. The Balaban J connectivity index is 2.42. The van der Waals surface area contributed by atoms with E-state index in [4.69, 9.17) is 21.1 Å². The number of hydrogen-bond donors (Lipinski definition) is 1. The van der Waals surface area contributed by atoms with Gasteiger partial charge >= 0.3 is 5.97 Å². The second kappa shape index (κ2) is 6.97. The number of hydrogen-bond acceptors (Lipinski definition) is 5. The molecule has 0 amide bonds. The molecule has 0 fully saturated rings. The van der Waals surface area contributed by atoms with Gasteiger partial charge in [0.05, 0.1) is 42.1 Å². The van der Waals surface area contributed by atoms with Crippen LogP contribution in [-0.4, -0.2) is 35.2 Å². The van der Waals surface area contributed by atoms with Gasteiger partial charge < -0.3 is 14.0 Å². The molecule has 2 aromatic rings. The van der Waals surface area contributed by atoms with Crippen LogP contribution in [0.1, 0.15) is 16.2 Å². The summed E-state index contributed by atoms with van der Waals surface area (Å²) in [6.07, 6.45) is 0. The van der Waals surface area contributed by atoms with E-state index in [9.17, 15) is 4.79 Å². The quantitative estimate of drug-likeness (QED) is 0.292. The molecule has 2 rings (SSSR count). The standard InChI is InChI=1S/C13H15ClN2O3S/c1-18-13(17)9-2-3-10-11(6-9)16(4-5-19-8-20)12(7-14)15-10/h2-3,6,20H,4-5,7-8H2,1H3. The summed E-state index contributed by atoms with van der Waals surface area (Å²) in [7, 11) is 1.36. The number of carbonyl (C=O) groups is 1. The first-order valence-electron chi connectivity index (χ1n) is 6.03. The highest BCUT2D eigenvalue weighted by Crippen LogP contribution is 2.20. The molecule has 0 bridgehead atoms. The SMILES string of the molecule is COC(=O)c1ccc2nc(CCl)n(CCOCS)c2c1. The minimum Gasteiger partial charge on any atom is -0.465 e. The van der Waals surface area contributed by atoms with Crippen molar-refractivity contribution in [2.24, 2.45) is 0 Å². The number of esters is 1. The summed E-state index contributed by atoms with van der Waals surface area (Å²) in [5.41, 5.74) is 2.11. The van der Waals surface area contributed by atoms with Gasteiger partial charge in [0.1, 0.15) is 5.82 Å². The number of rotatable bonds is 6. The lowest BCUT2D eigenvalue weighted by molar-refractivity contribution is 0.0601. The first-order valence-corrected chi connectivity index (χ1v) is 7.20. The smallest absolute Gasteiger partial charge is 0.337 e. The Bertz CT molecular complexity index is 615. The minimum absolute atomic E-state index is 0.295. The Kier molecular flexibility index (Phi) is 5.28. The number of halogens is 1. The highest BCUT2D eigenvalue weighted by atomic mass is 35.5. The maximum Gasteiger partial charge on any atom is 0.337 e. The van der Waals surface area contributed by atoms with Crippen LogP contribution in [0, 0.1) is 0 Å². The lowest BCUT2D eigenvalue weighted by Crippen LogP contribution is -2.09. The minimum atomic E-state index is -0.376. The number of carbonyl (C=O) groups excluding carboxylic acids is 1. The molecular weight excluding hydrogens is 300 g/mol. The summed E-state index contributed by atoms with van der Waals surface area (Å²) in [6.45, 7) is 1.10. The number of imidazole rings is 1. The Morgan fingerprint density at radius 1 is 1.50 bits per heavy atom. The van der Waals surface area contributed by atoms with Crippen molar-refractivity contribution < 1.29 is 14.3 Å². The normalized spacial score (nSPS) is 10.9. The average Bonchev–Trinajstić information content (AvgIpc) is 2.84. The first-order chi connectivity index (χ1) is 9.71. The van der Waals surface area contributed by atoms with Gasteiger partial charge in [0, 0.05) is 6.54 Å². The van der Waals surface area contributed by atoms with Crippen molar-refractivity contribution in [1.29, 1.82) is 0 Å². The van der Waals surface area contributed by atoms with E-state index in [1.54, 1.807) is 18.2 Å². The molecule has 1 aromatic carbocycles. The number of benzene rings is 1. The number of fused-ring (bicyclic) bond motifs is 1. The summed E-state index contributed by atoms with van der Waals surface area (Å²) in [5, 5.41) is 0. The van der Waals surface area contributed by atoms with Crippen molar-refractivity contribution in [3.05, 3.63) is 29.6 Å². The molecule has 5 nitrogen and oxygen atoms in total. The summed E-state index contributed by atoms with van der Waals surface area (Å²) in [4.78, 5) is 16.0. The van der Waals surface area contributed by atoms with Crippen molar-refractivity contribution in [3.8, 4) is 0 Å². The van der Waals surface area contributed by atoms with Crippen LogP contribution >= 0.6 is 24.2 Å². The Labute approximate surface area is 127 Å². The summed E-state index contributed by atoms with van der Waals surface area (Å²) < 4.78 is 11.9. The van der Waals surface area contributed by atoms with Gasteiger partial charge in [-0.15, -0.1) is 11.6 Å². The summed E-state index contributed by atoms with van der Waals surface area (Å²) >= 11 is 9.91. The van der Waals surface area contributed by atoms with Gasteiger partial charge in [0.15, 0.2) is 0 Å². The zero-order valence-electron chi connectivity index (χ0n) is 11.0. The molecule has 0 aliphatic rings. The molecule has 1 heterocycles. The summed E-state index contributed by atoms with van der Waals surface area (Å²) in [6, 6.07) is 5.23. The van der Waals surface area contributed by atoms with Crippen molar-refractivity contribution >= 4 is 41.2 Å². The third kappa shape index (κ3) is 3.08. The largest absolute Gasteiger partial charge is 0.465 e. The number of thiol groups is 1. The van der Waals surface area contributed by atoms with E-state index in [1.165, 1.54) is 7.11 Å². The van der Waals surface area contributed by atoms with E-state index < -0.39 is 0 Å². The predicted octanol–water partition coefficient (Wildman–Crippen LogP) is 2.47. The lowest BCUT2D eigenvalue weighted by Gasteiger charge is -2.08. The molecule has 0 radical (unpaired) electrons. The van der Waals surface area contributed by atoms with E-state index in [0.717, 1.165) is 16.9 Å². The van der Waals surface area contributed by atoms with Crippen LogP contribution in [0.2, 0.25) is 0 Å². The third-order valence-corrected chi connectivity index (χ3v) is 3.34. The van der Waals surface area contributed by atoms with Gasteiger partial charge in [0.2, 0.25) is 0 Å². The Hall–Kier alpha value is -1.24. The topological polar surface area (TPSA) is 53.3 Å². The van der Waals surface area contributed by atoms with Crippen molar-refractivity contribution in [2.45, 2.75) is 12.4 Å². The molecule has 0 spiro atoms. The molecule has 0 saturated carbocycles. The number of nitrogens with zero attached hydrogens (tertiary/aromatic N) is 2.